The largest absolute Gasteiger partial charge is 0.205 e. The molecule has 0 aliphatic carbocycles. The van der Waals surface area contributed by atoms with Crippen LogP contribution in [-0.2, 0) is 0 Å². The minimum Gasteiger partial charge on any atom is -0.205 e. The molecule has 52 valence electrons. The summed E-state index contributed by atoms with van der Waals surface area (Å²) in [4.78, 5) is 0. The number of halogens is 2. The predicted molar refractivity (Wildman–Crippen MR) is 42.7 cm³/mol. The molecule has 0 atom stereocenters. The van der Waals surface area contributed by atoms with Crippen molar-refractivity contribution in [3.05, 3.63) is 29.0 Å². The quantitative estimate of drug-likeness (QED) is 0.568. The molecular formula is C7H6ClFSi. The van der Waals surface area contributed by atoms with Gasteiger partial charge < -0.3 is 0 Å². The van der Waals surface area contributed by atoms with Crippen molar-refractivity contribution in [3.63, 3.8) is 0 Å². The monoisotopic (exact) mass is 172 g/mol. The summed E-state index contributed by atoms with van der Waals surface area (Å²) in [6.45, 7) is 2.00. The van der Waals surface area contributed by atoms with Crippen LogP contribution in [0.2, 0.25) is 11.6 Å². The summed E-state index contributed by atoms with van der Waals surface area (Å²) in [6.07, 6.45) is 0. The Morgan fingerprint density at radius 2 is 2.20 bits per heavy atom. The van der Waals surface area contributed by atoms with Crippen LogP contribution in [0.1, 0.15) is 0 Å². The van der Waals surface area contributed by atoms with Gasteiger partial charge in [0.1, 0.15) is 5.82 Å². The molecule has 0 saturated heterocycles. The molecule has 0 saturated carbocycles. The highest BCUT2D eigenvalue weighted by molar-refractivity contribution is 6.52. The van der Waals surface area contributed by atoms with Crippen molar-refractivity contribution in [1.82, 2.24) is 0 Å². The van der Waals surface area contributed by atoms with Gasteiger partial charge in [0, 0.05) is 0 Å². The molecule has 2 radical (unpaired) electrons. The number of hydrogen-bond acceptors (Lipinski definition) is 0. The Hall–Kier alpha value is -0.343. The van der Waals surface area contributed by atoms with Crippen molar-refractivity contribution < 1.29 is 4.39 Å². The van der Waals surface area contributed by atoms with Gasteiger partial charge in [-0.1, -0.05) is 29.4 Å². The van der Waals surface area contributed by atoms with E-state index in [-0.39, 0.29) is 10.8 Å². The Kier molecular flexibility index (Phi) is 2.46. The molecule has 0 amide bonds. The van der Waals surface area contributed by atoms with Crippen molar-refractivity contribution in [2.45, 2.75) is 6.55 Å². The molecule has 0 unspecified atom stereocenters. The van der Waals surface area contributed by atoms with Gasteiger partial charge in [-0.05, 0) is 12.1 Å². The van der Waals surface area contributed by atoms with Crippen LogP contribution < -0.4 is 5.19 Å². The van der Waals surface area contributed by atoms with Gasteiger partial charge in [0.15, 0.2) is 0 Å². The van der Waals surface area contributed by atoms with Crippen LogP contribution in [0, 0.1) is 5.82 Å². The Morgan fingerprint density at radius 3 is 2.70 bits per heavy atom. The van der Waals surface area contributed by atoms with E-state index in [1.165, 1.54) is 6.07 Å². The first-order valence-electron chi connectivity index (χ1n) is 2.87. The second kappa shape index (κ2) is 3.17. The highest BCUT2D eigenvalue weighted by Crippen LogP contribution is 2.10. The normalized spacial score (nSPS) is 9.90. The zero-order valence-corrected chi connectivity index (χ0v) is 7.24. The molecule has 0 aliphatic heterocycles. The van der Waals surface area contributed by atoms with Crippen LogP contribution in [0.25, 0.3) is 0 Å². The fourth-order valence-corrected chi connectivity index (χ4v) is 1.29. The number of benzene rings is 1. The van der Waals surface area contributed by atoms with Crippen LogP contribution in [0.15, 0.2) is 18.2 Å². The molecule has 0 aromatic heterocycles. The van der Waals surface area contributed by atoms with Gasteiger partial charge in [0.2, 0.25) is 0 Å². The zero-order valence-electron chi connectivity index (χ0n) is 5.49. The lowest BCUT2D eigenvalue weighted by atomic mass is 10.3. The Morgan fingerprint density at radius 1 is 1.50 bits per heavy atom. The van der Waals surface area contributed by atoms with E-state index in [0.29, 0.717) is 9.52 Å². The summed E-state index contributed by atoms with van der Waals surface area (Å²) < 4.78 is 12.6. The van der Waals surface area contributed by atoms with E-state index in [2.05, 4.69) is 0 Å². The van der Waals surface area contributed by atoms with E-state index in [1.54, 1.807) is 6.07 Å². The second-order valence-corrected chi connectivity index (χ2v) is 3.36. The van der Waals surface area contributed by atoms with Crippen LogP contribution in [0.5, 0.6) is 0 Å². The predicted octanol–water partition coefficient (Wildman–Crippen LogP) is 1.86. The van der Waals surface area contributed by atoms with Gasteiger partial charge >= 0.3 is 0 Å². The zero-order chi connectivity index (χ0) is 7.56. The van der Waals surface area contributed by atoms with E-state index in [4.69, 9.17) is 11.6 Å². The van der Waals surface area contributed by atoms with Gasteiger partial charge in [0.25, 0.3) is 0 Å². The van der Waals surface area contributed by atoms with Crippen LogP contribution >= 0.6 is 11.6 Å². The molecule has 0 N–H and O–H groups in total. The average molecular weight is 173 g/mol. The highest BCUT2D eigenvalue weighted by atomic mass is 35.5. The standard InChI is InChI=1S/C7H6ClFSi/c1-10-5-2-3-6(8)7(9)4-5/h2-4H,1H3. The molecule has 0 spiro atoms. The van der Waals surface area contributed by atoms with E-state index >= 15 is 0 Å². The minimum absolute atomic E-state index is 0.196. The summed E-state index contributed by atoms with van der Waals surface area (Å²) in [5.41, 5.74) is 0. The van der Waals surface area contributed by atoms with E-state index in [0.717, 1.165) is 5.19 Å². The summed E-state index contributed by atoms with van der Waals surface area (Å²) >= 11 is 5.47. The third-order valence-corrected chi connectivity index (χ3v) is 2.40. The van der Waals surface area contributed by atoms with Crippen LogP contribution in [0.4, 0.5) is 4.39 Å². The number of hydrogen-bond donors (Lipinski definition) is 0. The van der Waals surface area contributed by atoms with Crippen LogP contribution in [0.3, 0.4) is 0 Å². The van der Waals surface area contributed by atoms with Gasteiger partial charge in [-0.2, -0.15) is 0 Å². The first-order chi connectivity index (χ1) is 4.74. The van der Waals surface area contributed by atoms with Gasteiger partial charge in [-0.15, -0.1) is 0 Å². The summed E-state index contributed by atoms with van der Waals surface area (Å²) in [7, 11) is 0.624. The van der Waals surface area contributed by atoms with Crippen molar-refractivity contribution in [3.8, 4) is 0 Å². The highest BCUT2D eigenvalue weighted by Gasteiger charge is 1.98. The molecule has 0 nitrogen and oxygen atoms in total. The van der Waals surface area contributed by atoms with Gasteiger partial charge in [-0.25, -0.2) is 4.39 Å². The van der Waals surface area contributed by atoms with Crippen molar-refractivity contribution in [2.75, 3.05) is 0 Å². The maximum absolute atomic E-state index is 12.6. The molecule has 1 aromatic rings. The maximum Gasteiger partial charge on any atom is 0.141 e. The molecule has 1 rings (SSSR count). The lowest BCUT2D eigenvalue weighted by molar-refractivity contribution is 0.629. The molecule has 0 bridgehead atoms. The number of rotatable bonds is 1. The summed E-state index contributed by atoms with van der Waals surface area (Å²) in [5.74, 6) is -0.325. The van der Waals surface area contributed by atoms with Crippen molar-refractivity contribution in [2.24, 2.45) is 0 Å². The van der Waals surface area contributed by atoms with Crippen LogP contribution in [-0.4, -0.2) is 9.52 Å². The third kappa shape index (κ3) is 1.58. The SMILES string of the molecule is C[Si]c1ccc(Cl)c(F)c1. The third-order valence-electron chi connectivity index (χ3n) is 1.21. The smallest absolute Gasteiger partial charge is 0.141 e. The molecule has 0 fully saturated rings. The van der Waals surface area contributed by atoms with Crippen molar-refractivity contribution >= 4 is 26.3 Å². The first kappa shape index (κ1) is 7.76. The topological polar surface area (TPSA) is 0 Å². The van der Waals surface area contributed by atoms with E-state index in [1.807, 2.05) is 12.6 Å². The molecule has 0 aliphatic rings. The Balaban J connectivity index is 3.04. The first-order valence-corrected chi connectivity index (χ1v) is 4.74. The average Bonchev–Trinajstić information content (AvgIpc) is 1.95. The second-order valence-electron chi connectivity index (χ2n) is 1.88. The van der Waals surface area contributed by atoms with Gasteiger partial charge in [-0.3, -0.25) is 0 Å². The molecular weight excluding hydrogens is 167 g/mol. The summed E-state index contributed by atoms with van der Waals surface area (Å²) in [6, 6.07) is 4.90. The Bertz CT molecular complexity index is 237. The lowest BCUT2D eigenvalue weighted by Crippen LogP contribution is -2.10. The van der Waals surface area contributed by atoms with E-state index in [9.17, 15) is 4.39 Å². The molecule has 1 aromatic carbocycles. The summed E-state index contributed by atoms with van der Waals surface area (Å²) in [5, 5.41) is 1.20. The fraction of sp³-hybridized carbons (Fsp3) is 0.143. The lowest BCUT2D eigenvalue weighted by Gasteiger charge is -1.95. The molecule has 0 heterocycles. The van der Waals surface area contributed by atoms with E-state index < -0.39 is 0 Å². The molecule has 10 heavy (non-hydrogen) atoms. The minimum atomic E-state index is -0.325. The van der Waals surface area contributed by atoms with Crippen molar-refractivity contribution in [1.29, 1.82) is 0 Å². The maximum atomic E-state index is 12.6. The molecule has 3 heteroatoms. The Labute approximate surface area is 66.8 Å². The fourth-order valence-electron chi connectivity index (χ4n) is 0.652. The van der Waals surface area contributed by atoms with Gasteiger partial charge in [0.05, 0.1) is 14.5 Å².